The molecule has 1 aliphatic rings. The maximum absolute atomic E-state index is 15.5. The van der Waals surface area contributed by atoms with Gasteiger partial charge in [0.15, 0.2) is 34.5 Å². The van der Waals surface area contributed by atoms with Crippen LogP contribution in [-0.2, 0) is 9.47 Å². The molecule has 5 rings (SSSR count). The second-order valence-electron chi connectivity index (χ2n) is 14.8. The van der Waals surface area contributed by atoms with Crippen molar-refractivity contribution in [3.05, 3.63) is 69.6 Å². The number of hydrogen-bond acceptors (Lipinski definition) is 13. The molecule has 1 fully saturated rings. The Balaban J connectivity index is 1.50. The van der Waals surface area contributed by atoms with Gasteiger partial charge in [0.05, 0.1) is 42.3 Å². The van der Waals surface area contributed by atoms with Gasteiger partial charge in [0.1, 0.15) is 46.3 Å². The molecule has 2 N–H and O–H groups in total. The van der Waals surface area contributed by atoms with E-state index in [9.17, 15) is 24.5 Å². The molecule has 0 unspecified atom stereocenters. The van der Waals surface area contributed by atoms with E-state index in [-0.39, 0.29) is 40.5 Å². The zero-order chi connectivity index (χ0) is 40.6. The number of ketones is 1. The number of nitrogens with one attached hydrogen (secondary N) is 2. The summed E-state index contributed by atoms with van der Waals surface area (Å²) in [4.78, 5) is 56.3. The van der Waals surface area contributed by atoms with Gasteiger partial charge in [-0.25, -0.2) is 23.4 Å². The number of pyridine rings is 1. The highest BCUT2D eigenvalue weighted by Gasteiger charge is 2.46. The zero-order valence-electron chi connectivity index (χ0n) is 31.7. The molecule has 0 aliphatic heterocycles. The van der Waals surface area contributed by atoms with Crippen LogP contribution in [0.3, 0.4) is 0 Å². The Bertz CT molecular complexity index is 2140. The number of furan rings is 1. The molecular weight excluding hydrogens is 728 g/mol. The molecule has 2 heterocycles. The molecule has 0 atom stereocenters. The van der Waals surface area contributed by atoms with E-state index in [0.717, 1.165) is 31.4 Å². The van der Waals surface area contributed by atoms with Crippen LogP contribution in [0.2, 0.25) is 0 Å². The molecule has 4 aromatic rings. The van der Waals surface area contributed by atoms with Crippen molar-refractivity contribution < 1.29 is 56.2 Å². The summed E-state index contributed by atoms with van der Waals surface area (Å²) >= 11 is 0. The number of ether oxygens (including phenoxy) is 5. The molecule has 294 valence electrons. The lowest BCUT2D eigenvalue weighted by Crippen LogP contribution is -2.44. The Hall–Kier alpha value is -6.20. The zero-order valence-corrected chi connectivity index (χ0v) is 31.7. The first kappa shape index (κ1) is 40.0. The van der Waals surface area contributed by atoms with Gasteiger partial charge in [0, 0.05) is 13.1 Å². The Morgan fingerprint density at radius 2 is 1.60 bits per heavy atom. The summed E-state index contributed by atoms with van der Waals surface area (Å²) < 4.78 is 63.5. The maximum atomic E-state index is 15.5. The molecule has 0 bridgehead atoms. The van der Waals surface area contributed by atoms with Crippen molar-refractivity contribution in [2.75, 3.05) is 38.1 Å². The summed E-state index contributed by atoms with van der Waals surface area (Å²) in [7, 11) is 3.50. The number of halogens is 2. The van der Waals surface area contributed by atoms with Gasteiger partial charge >= 0.3 is 12.2 Å². The van der Waals surface area contributed by atoms with Crippen LogP contribution < -0.4 is 29.7 Å². The highest BCUT2D eigenvalue weighted by Crippen LogP contribution is 2.41. The van der Waals surface area contributed by atoms with Crippen molar-refractivity contribution in [1.82, 2.24) is 10.3 Å². The molecule has 16 nitrogen and oxygen atoms in total. The van der Waals surface area contributed by atoms with Gasteiger partial charge in [-0.3, -0.25) is 19.8 Å². The van der Waals surface area contributed by atoms with Crippen molar-refractivity contribution in [2.45, 2.75) is 71.1 Å². The quantitative estimate of drug-likeness (QED) is 0.0805. The number of nitro benzene ring substituents is 1. The number of fused-ring (bicyclic) bond motifs is 1. The third kappa shape index (κ3) is 8.96. The van der Waals surface area contributed by atoms with E-state index < -0.39 is 79.8 Å². The maximum Gasteiger partial charge on any atom is 0.414 e. The molecular formula is C37H41F2N5O11. The van der Waals surface area contributed by atoms with Crippen molar-refractivity contribution in [1.29, 1.82) is 0 Å². The summed E-state index contributed by atoms with van der Waals surface area (Å²) in [6, 6.07) is 6.34. The third-order valence-electron chi connectivity index (χ3n) is 8.12. The monoisotopic (exact) mass is 769 g/mol. The summed E-state index contributed by atoms with van der Waals surface area (Å²) in [6.45, 7) is 10.1. The topological polar surface area (TPSA) is 194 Å². The number of methoxy groups -OCH3 is 2. The van der Waals surface area contributed by atoms with Crippen molar-refractivity contribution in [3.63, 3.8) is 0 Å². The predicted molar refractivity (Wildman–Crippen MR) is 195 cm³/mol. The minimum atomic E-state index is -1.34. The third-order valence-corrected chi connectivity index (χ3v) is 8.12. The molecule has 55 heavy (non-hydrogen) atoms. The average Bonchev–Trinajstić information content (AvgIpc) is 3.74. The van der Waals surface area contributed by atoms with E-state index in [1.165, 1.54) is 31.3 Å². The Morgan fingerprint density at radius 3 is 2.15 bits per heavy atom. The minimum Gasteiger partial charge on any atom is -0.494 e. The fraction of sp³-hybridized carbons (Fsp3) is 0.405. The van der Waals surface area contributed by atoms with Gasteiger partial charge in [0.25, 0.3) is 5.69 Å². The first-order chi connectivity index (χ1) is 25.7. The van der Waals surface area contributed by atoms with Crippen LogP contribution in [0, 0.1) is 21.7 Å². The largest absolute Gasteiger partial charge is 0.494 e. The lowest BCUT2D eigenvalue weighted by atomic mass is 10.0. The number of carbonyl (C=O) groups excluding carboxylic acids is 3. The number of nitro groups is 1. The number of benzene rings is 2. The van der Waals surface area contributed by atoms with Gasteiger partial charge in [-0.05, 0) is 72.6 Å². The van der Waals surface area contributed by atoms with Gasteiger partial charge in [-0.2, -0.15) is 0 Å². The Labute approximate surface area is 314 Å². The van der Waals surface area contributed by atoms with Gasteiger partial charge < -0.3 is 38.7 Å². The van der Waals surface area contributed by atoms with Crippen LogP contribution in [0.15, 0.2) is 40.9 Å². The van der Waals surface area contributed by atoms with Crippen molar-refractivity contribution in [3.8, 4) is 17.2 Å². The number of alkyl carbamates (subject to hydrolysis) is 1. The highest BCUT2D eigenvalue weighted by molar-refractivity contribution is 6.17. The summed E-state index contributed by atoms with van der Waals surface area (Å²) in [5.41, 5.74) is -4.14. The van der Waals surface area contributed by atoms with Gasteiger partial charge in [-0.1, -0.05) is 0 Å². The van der Waals surface area contributed by atoms with E-state index in [4.69, 9.17) is 28.1 Å². The Kier molecular flexibility index (Phi) is 10.8. The highest BCUT2D eigenvalue weighted by atomic mass is 19.1. The molecule has 0 radical (unpaired) electrons. The smallest absolute Gasteiger partial charge is 0.414 e. The normalized spacial score (nSPS) is 13.4. The number of nitrogens with zero attached hydrogens (tertiary/aromatic N) is 3. The van der Waals surface area contributed by atoms with Crippen LogP contribution >= 0.6 is 0 Å². The number of aromatic nitrogens is 1. The molecule has 2 amide bonds. The van der Waals surface area contributed by atoms with E-state index in [2.05, 4.69) is 15.6 Å². The summed E-state index contributed by atoms with van der Waals surface area (Å²) in [5, 5.41) is 17.9. The fourth-order valence-corrected chi connectivity index (χ4v) is 5.36. The average molecular weight is 770 g/mol. The van der Waals surface area contributed by atoms with E-state index in [1.54, 1.807) is 41.5 Å². The van der Waals surface area contributed by atoms with Gasteiger partial charge in [-0.15, -0.1) is 0 Å². The standard InChI is InChI=1S/C37H41F2N5O11/c1-35(2,3)54-33(46)42-37(12-13-37)18-52-19-10-11-21(22(14-19)44(48)49)41-26-15-20-25(17-40-26)53-32(30(20)43(7)34(47)55-36(4,5)6)31(45)27-28(38)23(50-8)16-24(51-9)29(27)39/h10-11,14-17H,12-13,18H2,1-9H3,(H,40,41)(H,42,46). The van der Waals surface area contributed by atoms with Crippen molar-refractivity contribution >= 4 is 51.8 Å². The fourth-order valence-electron chi connectivity index (χ4n) is 5.36. The minimum absolute atomic E-state index is 0.00168. The van der Waals surface area contributed by atoms with Crippen LogP contribution in [0.1, 0.15) is 70.5 Å². The number of carbonyl (C=O) groups is 3. The molecule has 0 spiro atoms. The van der Waals surface area contributed by atoms with E-state index in [0.29, 0.717) is 12.8 Å². The SMILES string of the molecule is COc1cc(OC)c(F)c(C(=O)c2oc3cnc(Nc4ccc(OCC5(NC(=O)OC(C)(C)C)CC5)cc4[N+](=O)[O-])cc3c2N(C)C(=O)OC(C)(C)C)c1F. The number of amides is 2. The molecule has 2 aromatic heterocycles. The lowest BCUT2D eigenvalue weighted by Gasteiger charge is -2.24. The second-order valence-corrected chi connectivity index (χ2v) is 14.8. The summed E-state index contributed by atoms with van der Waals surface area (Å²) in [6.07, 6.45) is 0.881. The molecule has 18 heteroatoms. The van der Waals surface area contributed by atoms with E-state index in [1.807, 2.05) is 0 Å². The molecule has 0 saturated heterocycles. The van der Waals surface area contributed by atoms with Crippen LogP contribution in [0.4, 0.5) is 41.2 Å². The van der Waals surface area contributed by atoms with Crippen LogP contribution in [0.5, 0.6) is 17.2 Å². The number of rotatable bonds is 12. The Morgan fingerprint density at radius 1 is 0.982 bits per heavy atom. The molecule has 2 aromatic carbocycles. The predicted octanol–water partition coefficient (Wildman–Crippen LogP) is 7.81. The molecule has 1 aliphatic carbocycles. The lowest BCUT2D eigenvalue weighted by molar-refractivity contribution is -0.384. The van der Waals surface area contributed by atoms with E-state index >= 15 is 8.78 Å². The van der Waals surface area contributed by atoms with Crippen molar-refractivity contribution in [2.24, 2.45) is 0 Å². The second kappa shape index (κ2) is 14.9. The number of hydrogen-bond donors (Lipinski definition) is 2. The van der Waals surface area contributed by atoms with Crippen LogP contribution in [0.25, 0.3) is 11.0 Å². The first-order valence-electron chi connectivity index (χ1n) is 16.9. The van der Waals surface area contributed by atoms with Crippen LogP contribution in [-0.4, -0.2) is 72.5 Å². The summed E-state index contributed by atoms with van der Waals surface area (Å²) in [5.74, 6) is -5.47. The van der Waals surface area contributed by atoms with Gasteiger partial charge in [0.2, 0.25) is 5.78 Å². The first-order valence-corrected chi connectivity index (χ1v) is 16.9. The number of anilines is 3. The molecule has 1 saturated carbocycles.